The van der Waals surface area contributed by atoms with E-state index in [1.54, 1.807) is 13.8 Å². The van der Waals surface area contributed by atoms with Gasteiger partial charge in [-0.3, -0.25) is 19.4 Å². The van der Waals surface area contributed by atoms with Gasteiger partial charge in [-0.15, -0.1) is 0 Å². The highest BCUT2D eigenvalue weighted by atomic mass is 16.6. The van der Waals surface area contributed by atoms with Crippen LogP contribution in [-0.2, 0) is 28.6 Å². The normalized spacial score (nSPS) is 43.2. The zero-order valence-corrected chi connectivity index (χ0v) is 32.0. The lowest BCUT2D eigenvalue weighted by Gasteiger charge is -2.64. The quantitative estimate of drug-likeness (QED) is 0.126. The summed E-state index contributed by atoms with van der Waals surface area (Å²) in [6.45, 7) is 20.1. The highest BCUT2D eigenvalue weighted by molar-refractivity contribution is 5.74. The predicted octanol–water partition coefficient (Wildman–Crippen LogP) is 4.69. The molecule has 0 radical (unpaired) electrons. The van der Waals surface area contributed by atoms with Gasteiger partial charge in [0.15, 0.2) is 12.0 Å². The number of aliphatic imine (C=N–C) groups is 1. The summed E-state index contributed by atoms with van der Waals surface area (Å²) in [4.78, 5) is 41.2. The number of esters is 2. The van der Waals surface area contributed by atoms with Crippen LogP contribution in [0.5, 0.6) is 0 Å². The lowest BCUT2D eigenvalue weighted by molar-refractivity contribution is -0.296. The Morgan fingerprint density at radius 2 is 1.61 bits per heavy atom. The summed E-state index contributed by atoms with van der Waals surface area (Å²) in [6, 6.07) is 0. The molecule has 1 heterocycles. The molecule has 1 aliphatic heterocycles. The highest BCUT2D eigenvalue weighted by Crippen LogP contribution is 2.73. The highest BCUT2D eigenvalue weighted by Gasteiger charge is 2.69. The Balaban J connectivity index is 1.50. The Morgan fingerprint density at radius 1 is 0.961 bits per heavy atom. The van der Waals surface area contributed by atoms with E-state index in [0.29, 0.717) is 25.7 Å². The van der Waals surface area contributed by atoms with E-state index < -0.39 is 93.9 Å². The molecule has 5 N–H and O–H groups in total. The van der Waals surface area contributed by atoms with Crippen molar-refractivity contribution in [2.75, 3.05) is 0 Å². The topological polar surface area (TPSA) is 192 Å². The van der Waals surface area contributed by atoms with Crippen LogP contribution in [0.15, 0.2) is 16.1 Å². The van der Waals surface area contributed by atoms with Crippen LogP contribution in [0.1, 0.15) is 127 Å². The second-order valence-corrected chi connectivity index (χ2v) is 18.5. The van der Waals surface area contributed by atoms with Gasteiger partial charge in [0.25, 0.3) is 0 Å². The largest absolute Gasteiger partial charge is 0.481 e. The summed E-state index contributed by atoms with van der Waals surface area (Å²) in [7, 11) is 0. The minimum absolute atomic E-state index is 0.0189. The van der Waals surface area contributed by atoms with Gasteiger partial charge >= 0.3 is 17.9 Å². The zero-order valence-electron chi connectivity index (χ0n) is 32.0. The van der Waals surface area contributed by atoms with Crippen LogP contribution in [-0.4, -0.2) is 91.7 Å². The molecule has 5 aliphatic rings. The van der Waals surface area contributed by atoms with Crippen molar-refractivity contribution in [3.8, 4) is 0 Å². The van der Waals surface area contributed by atoms with Gasteiger partial charge in [0.2, 0.25) is 0 Å². The van der Waals surface area contributed by atoms with Crippen LogP contribution in [0, 0.1) is 39.4 Å². The fourth-order valence-corrected chi connectivity index (χ4v) is 11.9. The van der Waals surface area contributed by atoms with Gasteiger partial charge < -0.3 is 39.7 Å². The Morgan fingerprint density at radius 3 is 2.16 bits per heavy atom. The first kappa shape index (κ1) is 39.8. The van der Waals surface area contributed by atoms with Crippen molar-refractivity contribution in [3.05, 3.63) is 11.1 Å². The summed E-state index contributed by atoms with van der Waals surface area (Å²) in [5.74, 6) is -2.85. The fourth-order valence-electron chi connectivity index (χ4n) is 11.9. The van der Waals surface area contributed by atoms with Gasteiger partial charge in [0.1, 0.15) is 17.8 Å². The number of carbonyl (C=O) groups is 3. The number of hydrogen-bond acceptors (Lipinski definition) is 11. The molecule has 1 saturated heterocycles. The molecule has 2 unspecified atom stereocenters. The summed E-state index contributed by atoms with van der Waals surface area (Å²) in [5, 5.41) is 54.6. The summed E-state index contributed by atoms with van der Waals surface area (Å²) < 4.78 is 18.1. The Kier molecular flexibility index (Phi) is 10.1. The van der Waals surface area contributed by atoms with E-state index in [1.165, 1.54) is 19.4 Å². The Hall–Kier alpha value is -2.38. The van der Waals surface area contributed by atoms with Gasteiger partial charge in [-0.25, -0.2) is 0 Å². The van der Waals surface area contributed by atoms with Crippen molar-refractivity contribution in [2.24, 2.45) is 44.4 Å². The lowest BCUT2D eigenvalue weighted by Crippen LogP contribution is -2.63. The number of nitrogens with zero attached hydrogens (tertiary/aromatic N) is 1. The molecule has 3 fully saturated rings. The molecule has 0 amide bonds. The second kappa shape index (κ2) is 12.9. The van der Waals surface area contributed by atoms with Gasteiger partial charge in [0, 0.05) is 30.1 Å². The smallest absolute Gasteiger partial charge is 0.309 e. The van der Waals surface area contributed by atoms with Crippen molar-refractivity contribution in [2.45, 2.75) is 168 Å². The molecule has 4 aliphatic carbocycles. The maximum absolute atomic E-state index is 13.3. The second-order valence-electron chi connectivity index (χ2n) is 18.5. The van der Waals surface area contributed by atoms with Crippen molar-refractivity contribution in [1.29, 1.82) is 0 Å². The number of allylic oxidation sites excluding steroid dienone is 1. The van der Waals surface area contributed by atoms with Crippen molar-refractivity contribution in [3.63, 3.8) is 0 Å². The number of aliphatic carboxylic acids is 1. The molecule has 0 spiro atoms. The molecule has 0 aromatic rings. The van der Waals surface area contributed by atoms with E-state index in [2.05, 4.69) is 32.5 Å². The first-order valence-electron chi connectivity index (χ1n) is 18.6. The molecule has 51 heavy (non-hydrogen) atoms. The molecule has 0 aromatic heterocycles. The minimum atomic E-state index is -1.82. The summed E-state index contributed by atoms with van der Waals surface area (Å²) in [5.41, 5.74) is -4.23. The van der Waals surface area contributed by atoms with Gasteiger partial charge in [0.05, 0.1) is 24.5 Å². The van der Waals surface area contributed by atoms with Crippen LogP contribution in [0.3, 0.4) is 0 Å². The molecule has 288 valence electrons. The number of carboxylic acids is 1. The third-order valence-corrected chi connectivity index (χ3v) is 14.6. The number of aliphatic hydroxyl groups excluding tert-OH is 2. The Labute approximate surface area is 302 Å². The SMILES string of the molecule is C=N[C@]1(C(C)(C)O)CC[C@H]([C@H]2CC[C@@]3(C)C4=C(C[C@H](O)[C@]23C)[C@@]2(C)C[C@@H](OC(=O)C[C@@](C)(O)CC(=O)O)[C@H](OC(C)=O)C(C)(C)C2CC4)C(O)O1. The zero-order chi connectivity index (χ0) is 38.3. The Bertz CT molecular complexity index is 1460. The predicted molar refractivity (Wildman–Crippen MR) is 187 cm³/mol. The summed E-state index contributed by atoms with van der Waals surface area (Å²) in [6.07, 6.45) is 0.0898. The molecule has 12 atom stereocenters. The van der Waals surface area contributed by atoms with Gasteiger partial charge in [-0.05, 0) is 95.1 Å². The number of rotatable bonds is 9. The summed E-state index contributed by atoms with van der Waals surface area (Å²) >= 11 is 0. The molecule has 0 aromatic carbocycles. The molecule has 2 saturated carbocycles. The van der Waals surface area contributed by atoms with E-state index in [-0.39, 0.29) is 17.8 Å². The maximum atomic E-state index is 13.3. The van der Waals surface area contributed by atoms with Crippen molar-refractivity contribution >= 4 is 24.6 Å². The third-order valence-electron chi connectivity index (χ3n) is 14.6. The molecule has 12 nitrogen and oxygen atoms in total. The van der Waals surface area contributed by atoms with Crippen LogP contribution < -0.4 is 0 Å². The van der Waals surface area contributed by atoms with Crippen LogP contribution in [0.2, 0.25) is 0 Å². The van der Waals surface area contributed by atoms with E-state index in [9.17, 15) is 39.9 Å². The number of carbonyl (C=O) groups excluding carboxylic acids is 2. The fraction of sp³-hybridized carbons (Fsp3) is 0.846. The number of fused-ring (bicyclic) bond motifs is 4. The number of carboxylic acid groups (broad SMARTS) is 1. The van der Waals surface area contributed by atoms with Crippen LogP contribution in [0.25, 0.3) is 0 Å². The molecule has 12 heteroatoms. The molecular formula is C39H61NO11. The lowest BCUT2D eigenvalue weighted by atomic mass is 9.42. The van der Waals surface area contributed by atoms with Gasteiger partial charge in [-0.2, -0.15) is 0 Å². The minimum Gasteiger partial charge on any atom is -0.481 e. The van der Waals surface area contributed by atoms with E-state index in [1.807, 2.05) is 13.8 Å². The third kappa shape index (κ3) is 6.28. The van der Waals surface area contributed by atoms with Crippen molar-refractivity contribution < 1.29 is 54.1 Å². The van der Waals surface area contributed by atoms with E-state index in [0.717, 1.165) is 31.3 Å². The van der Waals surface area contributed by atoms with E-state index in [4.69, 9.17) is 14.2 Å². The van der Waals surface area contributed by atoms with Gasteiger partial charge in [-0.1, -0.05) is 45.8 Å². The number of aliphatic hydroxyl groups is 4. The molecule has 0 bridgehead atoms. The van der Waals surface area contributed by atoms with Crippen LogP contribution in [0.4, 0.5) is 0 Å². The molecular weight excluding hydrogens is 658 g/mol. The van der Waals surface area contributed by atoms with Crippen LogP contribution >= 0.6 is 0 Å². The standard InChI is InChI=1S/C39H61NO11/c1-21(41)49-31-26(50-30(45)20-35(6,48)19-29(43)44)18-36(7)25-17-28(42)38(9)23(22-13-16-39(40-10,34(4,5)47)51-32(22)46)14-15-37(38,8)24(25)11-12-27(36)33(31,2)3/h22-23,26-28,31-32,42,46-48H,10-20H2,1-9H3,(H,43,44)/t22-,23-,26-,27?,28+,31+,32?,35+,36-,37+,38+,39-/m1/s1. The first-order chi connectivity index (χ1) is 23.3. The number of ether oxygens (including phenoxy) is 3. The van der Waals surface area contributed by atoms with Crippen molar-refractivity contribution in [1.82, 2.24) is 0 Å². The average molecular weight is 720 g/mol. The molecule has 5 rings (SSSR count). The monoisotopic (exact) mass is 719 g/mol. The number of hydrogen-bond donors (Lipinski definition) is 5. The van der Waals surface area contributed by atoms with E-state index >= 15 is 0 Å². The first-order valence-corrected chi connectivity index (χ1v) is 18.6. The maximum Gasteiger partial charge on any atom is 0.309 e. The average Bonchev–Trinajstić information content (AvgIpc) is 3.26.